The molecule has 158 valence electrons. The number of methoxy groups -OCH3 is 1. The molecule has 0 spiro atoms. The third-order valence-electron chi connectivity index (χ3n) is 6.14. The third-order valence-corrected chi connectivity index (χ3v) is 6.14. The summed E-state index contributed by atoms with van der Waals surface area (Å²) in [5.74, 6) is 1.65. The van der Waals surface area contributed by atoms with Gasteiger partial charge >= 0.3 is 0 Å². The van der Waals surface area contributed by atoms with Crippen LogP contribution in [0.15, 0.2) is 79.1 Å². The van der Waals surface area contributed by atoms with Gasteiger partial charge in [-0.05, 0) is 65.9 Å². The van der Waals surface area contributed by atoms with Gasteiger partial charge in [-0.3, -0.25) is 4.57 Å². The van der Waals surface area contributed by atoms with Gasteiger partial charge in [0.1, 0.15) is 17.9 Å². The molecule has 1 N–H and O–H groups in total. The molecule has 5 nitrogen and oxygen atoms in total. The molecule has 5 aromatic rings. The zero-order chi connectivity index (χ0) is 21.5. The van der Waals surface area contributed by atoms with Crippen LogP contribution in [0.4, 0.5) is 0 Å². The number of hydrogen-bond acceptors (Lipinski definition) is 4. The molecule has 5 heteroatoms. The summed E-state index contributed by atoms with van der Waals surface area (Å²) in [5.41, 5.74) is 6.61. The Morgan fingerprint density at radius 3 is 2.56 bits per heavy atom. The van der Waals surface area contributed by atoms with E-state index in [4.69, 9.17) is 9.72 Å². The number of aromatic nitrogens is 3. The molecule has 0 amide bonds. The van der Waals surface area contributed by atoms with Crippen LogP contribution >= 0.6 is 0 Å². The van der Waals surface area contributed by atoms with E-state index >= 15 is 0 Å². The molecule has 1 aliphatic rings. The Labute approximate surface area is 186 Å². The normalized spacial score (nSPS) is 13.7. The van der Waals surface area contributed by atoms with Gasteiger partial charge in [0.25, 0.3) is 0 Å². The molecular formula is C27H24N4O. The van der Waals surface area contributed by atoms with E-state index in [2.05, 4.69) is 58.8 Å². The summed E-state index contributed by atoms with van der Waals surface area (Å²) < 4.78 is 7.32. The third kappa shape index (κ3) is 3.61. The van der Waals surface area contributed by atoms with Crippen LogP contribution in [-0.4, -0.2) is 27.7 Å². The Morgan fingerprint density at radius 1 is 0.906 bits per heavy atom. The standard InChI is InChI=1S/C27H24N4O/c1-32-23-10-12-26-25(15-23)29-17-31(26)27-13-7-21-14-20(6-11-24(21)30-27)19-4-2-18(3-5-19)16-28-22-8-9-22/h2-7,10-15,17,22,28H,8-9,16H2,1H3. The second kappa shape index (κ2) is 7.77. The van der Waals surface area contributed by atoms with Crippen LogP contribution in [0.3, 0.4) is 0 Å². The Bertz CT molecular complexity index is 1420. The molecule has 0 unspecified atom stereocenters. The van der Waals surface area contributed by atoms with Gasteiger partial charge in [0.15, 0.2) is 0 Å². The van der Waals surface area contributed by atoms with Crippen molar-refractivity contribution in [2.24, 2.45) is 0 Å². The molecule has 1 saturated carbocycles. The predicted octanol–water partition coefficient (Wildman–Crippen LogP) is 5.50. The second-order valence-corrected chi connectivity index (χ2v) is 8.40. The highest BCUT2D eigenvalue weighted by atomic mass is 16.5. The van der Waals surface area contributed by atoms with Crippen LogP contribution in [0.5, 0.6) is 5.75 Å². The summed E-state index contributed by atoms with van der Waals surface area (Å²) in [4.78, 5) is 9.40. The van der Waals surface area contributed by atoms with Crippen LogP contribution in [0, 0.1) is 0 Å². The van der Waals surface area contributed by atoms with Crippen molar-refractivity contribution in [3.63, 3.8) is 0 Å². The van der Waals surface area contributed by atoms with Gasteiger partial charge in [-0.1, -0.05) is 30.3 Å². The van der Waals surface area contributed by atoms with Crippen LogP contribution in [0.1, 0.15) is 18.4 Å². The van der Waals surface area contributed by atoms with Gasteiger partial charge in [0, 0.05) is 24.0 Å². The summed E-state index contributed by atoms with van der Waals surface area (Å²) in [5, 5.41) is 4.69. The number of nitrogens with zero attached hydrogens (tertiary/aromatic N) is 3. The van der Waals surface area contributed by atoms with E-state index in [0.717, 1.165) is 46.1 Å². The van der Waals surface area contributed by atoms with Crippen LogP contribution in [0.25, 0.3) is 38.9 Å². The van der Waals surface area contributed by atoms with E-state index in [1.165, 1.54) is 29.5 Å². The molecule has 0 atom stereocenters. The van der Waals surface area contributed by atoms with E-state index in [9.17, 15) is 0 Å². The van der Waals surface area contributed by atoms with Gasteiger partial charge in [-0.2, -0.15) is 0 Å². The highest BCUT2D eigenvalue weighted by molar-refractivity contribution is 5.86. The second-order valence-electron chi connectivity index (χ2n) is 8.40. The average Bonchev–Trinajstić information content (AvgIpc) is 3.59. The number of pyridine rings is 1. The van der Waals surface area contributed by atoms with Crippen molar-refractivity contribution in [2.45, 2.75) is 25.4 Å². The minimum absolute atomic E-state index is 0.732. The number of nitrogens with one attached hydrogen (secondary N) is 1. The Kier molecular flexibility index (Phi) is 4.62. The van der Waals surface area contributed by atoms with Crippen molar-refractivity contribution in [3.8, 4) is 22.7 Å². The maximum atomic E-state index is 5.30. The van der Waals surface area contributed by atoms with Crippen molar-refractivity contribution in [2.75, 3.05) is 7.11 Å². The van der Waals surface area contributed by atoms with Crippen LogP contribution in [0.2, 0.25) is 0 Å². The lowest BCUT2D eigenvalue weighted by molar-refractivity contribution is 0.415. The fraction of sp³-hybridized carbons (Fsp3) is 0.185. The smallest absolute Gasteiger partial charge is 0.139 e. The van der Waals surface area contributed by atoms with E-state index in [0.29, 0.717) is 0 Å². The fourth-order valence-corrected chi connectivity index (χ4v) is 4.10. The Balaban J connectivity index is 1.29. The van der Waals surface area contributed by atoms with Crippen molar-refractivity contribution in [1.29, 1.82) is 0 Å². The molecule has 3 aromatic carbocycles. The molecule has 0 aliphatic heterocycles. The fourth-order valence-electron chi connectivity index (χ4n) is 4.10. The van der Waals surface area contributed by atoms with E-state index in [-0.39, 0.29) is 0 Å². The number of imidazole rings is 1. The van der Waals surface area contributed by atoms with Crippen LogP contribution in [-0.2, 0) is 6.54 Å². The molecular weight excluding hydrogens is 396 g/mol. The van der Waals surface area contributed by atoms with Gasteiger partial charge in [-0.25, -0.2) is 9.97 Å². The largest absolute Gasteiger partial charge is 0.497 e. The highest BCUT2D eigenvalue weighted by Gasteiger charge is 2.19. The first-order valence-corrected chi connectivity index (χ1v) is 11.0. The zero-order valence-corrected chi connectivity index (χ0v) is 18.0. The Hall–Kier alpha value is -3.70. The molecule has 0 bridgehead atoms. The molecule has 6 rings (SSSR count). The predicted molar refractivity (Wildman–Crippen MR) is 128 cm³/mol. The van der Waals surface area contributed by atoms with Crippen molar-refractivity contribution in [3.05, 3.63) is 84.7 Å². The average molecular weight is 421 g/mol. The van der Waals surface area contributed by atoms with Crippen molar-refractivity contribution >= 4 is 21.9 Å². The first kappa shape index (κ1) is 19.0. The zero-order valence-electron chi connectivity index (χ0n) is 18.0. The van der Waals surface area contributed by atoms with Crippen LogP contribution < -0.4 is 10.1 Å². The molecule has 2 heterocycles. The molecule has 1 aliphatic carbocycles. The van der Waals surface area contributed by atoms with Gasteiger partial charge in [0.2, 0.25) is 0 Å². The van der Waals surface area contributed by atoms with E-state index in [1.807, 2.05) is 35.2 Å². The summed E-state index contributed by atoms with van der Waals surface area (Å²) >= 11 is 0. The molecule has 2 aromatic heterocycles. The number of fused-ring (bicyclic) bond motifs is 2. The van der Waals surface area contributed by atoms with E-state index < -0.39 is 0 Å². The van der Waals surface area contributed by atoms with Crippen molar-refractivity contribution in [1.82, 2.24) is 19.9 Å². The first-order chi connectivity index (χ1) is 15.8. The summed E-state index contributed by atoms with van der Waals surface area (Å²) in [7, 11) is 1.66. The van der Waals surface area contributed by atoms with E-state index in [1.54, 1.807) is 7.11 Å². The SMILES string of the molecule is COc1ccc2c(c1)ncn2-c1ccc2cc(-c3ccc(CNC4CC4)cc3)ccc2n1. The Morgan fingerprint density at radius 2 is 1.75 bits per heavy atom. The lowest BCUT2D eigenvalue weighted by Gasteiger charge is -2.09. The van der Waals surface area contributed by atoms with Crippen molar-refractivity contribution < 1.29 is 4.74 Å². The minimum Gasteiger partial charge on any atom is -0.497 e. The van der Waals surface area contributed by atoms with Gasteiger partial charge < -0.3 is 10.1 Å². The highest BCUT2D eigenvalue weighted by Crippen LogP contribution is 2.27. The molecule has 0 saturated heterocycles. The summed E-state index contributed by atoms with van der Waals surface area (Å²) in [6.07, 6.45) is 4.44. The maximum Gasteiger partial charge on any atom is 0.139 e. The quantitative estimate of drug-likeness (QED) is 0.394. The lowest BCUT2D eigenvalue weighted by atomic mass is 10.0. The van der Waals surface area contributed by atoms with Gasteiger partial charge in [-0.15, -0.1) is 0 Å². The summed E-state index contributed by atoms with van der Waals surface area (Å²) in [6.45, 7) is 0.949. The molecule has 1 fully saturated rings. The minimum atomic E-state index is 0.732. The monoisotopic (exact) mass is 420 g/mol. The summed E-state index contributed by atoms with van der Waals surface area (Å²) in [6, 6.07) is 26.1. The topological polar surface area (TPSA) is 52.0 Å². The number of ether oxygens (including phenoxy) is 1. The van der Waals surface area contributed by atoms with Gasteiger partial charge in [0.05, 0.1) is 23.7 Å². The molecule has 32 heavy (non-hydrogen) atoms. The number of rotatable bonds is 6. The molecule has 0 radical (unpaired) electrons. The number of hydrogen-bond donors (Lipinski definition) is 1. The maximum absolute atomic E-state index is 5.30. The number of benzene rings is 3. The first-order valence-electron chi connectivity index (χ1n) is 11.0. The lowest BCUT2D eigenvalue weighted by Crippen LogP contribution is -2.14.